The minimum Gasteiger partial charge on any atom is -0.487 e. The summed E-state index contributed by atoms with van der Waals surface area (Å²) < 4.78 is 29.6. The van der Waals surface area contributed by atoms with Crippen molar-refractivity contribution in [3.8, 4) is 5.75 Å². The minimum atomic E-state index is -3.87. The second kappa shape index (κ2) is 5.99. The molecule has 0 spiro atoms. The highest BCUT2D eigenvalue weighted by Gasteiger charge is 2.23. The Morgan fingerprint density at radius 3 is 2.47 bits per heavy atom. The standard InChI is InChI=1S/C12H15BrClNO3S/c13-8-6-10(14)12(11(7-8)19(15,16)17)18-9-4-2-1-3-5-9/h6-7,9H,1-5H2,(H2,15,16,17). The van der Waals surface area contributed by atoms with Gasteiger partial charge >= 0.3 is 0 Å². The lowest BCUT2D eigenvalue weighted by Gasteiger charge is -2.24. The monoisotopic (exact) mass is 367 g/mol. The summed E-state index contributed by atoms with van der Waals surface area (Å²) in [6, 6.07) is 3.02. The first-order valence-corrected chi connectivity index (χ1v) is 8.78. The van der Waals surface area contributed by atoms with Crippen LogP contribution >= 0.6 is 27.5 Å². The zero-order valence-corrected chi connectivity index (χ0v) is 13.4. The molecule has 0 atom stereocenters. The first kappa shape index (κ1) is 15.1. The van der Waals surface area contributed by atoms with Gasteiger partial charge < -0.3 is 4.74 Å². The number of primary sulfonamides is 1. The topological polar surface area (TPSA) is 69.4 Å². The zero-order valence-electron chi connectivity index (χ0n) is 10.2. The Morgan fingerprint density at radius 1 is 1.26 bits per heavy atom. The van der Waals surface area contributed by atoms with Crippen molar-refractivity contribution < 1.29 is 13.2 Å². The smallest absolute Gasteiger partial charge is 0.241 e. The molecule has 1 aliphatic rings. The molecule has 0 saturated heterocycles. The minimum absolute atomic E-state index is 0.00734. The van der Waals surface area contributed by atoms with E-state index < -0.39 is 10.0 Å². The fraction of sp³-hybridized carbons (Fsp3) is 0.500. The average Bonchev–Trinajstić information content (AvgIpc) is 2.32. The van der Waals surface area contributed by atoms with Crippen LogP contribution < -0.4 is 9.88 Å². The molecular weight excluding hydrogens is 354 g/mol. The molecule has 1 aliphatic carbocycles. The summed E-state index contributed by atoms with van der Waals surface area (Å²) in [4.78, 5) is -0.0718. The molecule has 4 nitrogen and oxygen atoms in total. The van der Waals surface area contributed by atoms with Gasteiger partial charge in [-0.25, -0.2) is 13.6 Å². The third-order valence-electron chi connectivity index (χ3n) is 3.12. The van der Waals surface area contributed by atoms with E-state index in [-0.39, 0.29) is 21.8 Å². The third kappa shape index (κ3) is 3.84. The molecule has 1 aromatic carbocycles. The van der Waals surface area contributed by atoms with Crippen LogP contribution in [0.4, 0.5) is 0 Å². The summed E-state index contributed by atoms with van der Waals surface area (Å²) >= 11 is 9.29. The summed E-state index contributed by atoms with van der Waals surface area (Å²) in [5.41, 5.74) is 0. The summed E-state index contributed by atoms with van der Waals surface area (Å²) in [6.45, 7) is 0. The molecule has 1 fully saturated rings. The quantitative estimate of drug-likeness (QED) is 0.888. The molecule has 2 N–H and O–H groups in total. The van der Waals surface area contributed by atoms with Gasteiger partial charge in [0.1, 0.15) is 4.90 Å². The van der Waals surface area contributed by atoms with Crippen molar-refractivity contribution >= 4 is 37.6 Å². The van der Waals surface area contributed by atoms with E-state index in [1.54, 1.807) is 6.07 Å². The van der Waals surface area contributed by atoms with Gasteiger partial charge in [-0.2, -0.15) is 0 Å². The van der Waals surface area contributed by atoms with Gasteiger partial charge in [0.05, 0.1) is 11.1 Å². The van der Waals surface area contributed by atoms with Crippen LogP contribution in [0.25, 0.3) is 0 Å². The molecule has 2 rings (SSSR count). The SMILES string of the molecule is NS(=O)(=O)c1cc(Br)cc(Cl)c1OC1CCCCC1. The van der Waals surface area contributed by atoms with Gasteiger partial charge in [-0.1, -0.05) is 34.0 Å². The Balaban J connectivity index is 2.37. The first-order chi connectivity index (χ1) is 8.88. The summed E-state index contributed by atoms with van der Waals surface area (Å²) in [6.07, 6.45) is 5.20. The van der Waals surface area contributed by atoms with Crippen molar-refractivity contribution in [2.45, 2.75) is 43.1 Å². The van der Waals surface area contributed by atoms with Crippen molar-refractivity contribution in [2.75, 3.05) is 0 Å². The van der Waals surface area contributed by atoms with E-state index in [2.05, 4.69) is 15.9 Å². The Morgan fingerprint density at radius 2 is 1.89 bits per heavy atom. The van der Waals surface area contributed by atoms with Crippen LogP contribution in [0.2, 0.25) is 5.02 Å². The highest BCUT2D eigenvalue weighted by molar-refractivity contribution is 9.10. The van der Waals surface area contributed by atoms with Crippen molar-refractivity contribution in [1.82, 2.24) is 0 Å². The fourth-order valence-electron chi connectivity index (χ4n) is 2.21. The van der Waals surface area contributed by atoms with Gasteiger partial charge in [-0.3, -0.25) is 0 Å². The second-order valence-electron chi connectivity index (χ2n) is 4.64. The third-order valence-corrected chi connectivity index (χ3v) is 4.77. The molecule has 0 aliphatic heterocycles. The zero-order chi connectivity index (χ0) is 14.0. The van der Waals surface area contributed by atoms with Crippen LogP contribution in [0.3, 0.4) is 0 Å². The number of rotatable bonds is 3. The molecule has 1 aromatic rings. The van der Waals surface area contributed by atoms with Gasteiger partial charge in [-0.15, -0.1) is 0 Å². The highest BCUT2D eigenvalue weighted by atomic mass is 79.9. The normalized spacial score (nSPS) is 17.4. The van der Waals surface area contributed by atoms with Gasteiger partial charge in [-0.05, 0) is 37.8 Å². The fourth-order valence-corrected chi connectivity index (χ4v) is 3.98. The van der Waals surface area contributed by atoms with Gasteiger partial charge in [0.2, 0.25) is 10.0 Å². The lowest BCUT2D eigenvalue weighted by Crippen LogP contribution is -2.22. The number of halogens is 2. The maximum Gasteiger partial charge on any atom is 0.241 e. The first-order valence-electron chi connectivity index (χ1n) is 6.06. The van der Waals surface area contributed by atoms with E-state index in [0.29, 0.717) is 4.47 Å². The average molecular weight is 369 g/mol. The molecule has 7 heteroatoms. The molecule has 0 amide bonds. The largest absolute Gasteiger partial charge is 0.487 e. The number of nitrogens with two attached hydrogens (primary N) is 1. The number of benzene rings is 1. The van der Waals surface area contributed by atoms with Crippen LogP contribution in [-0.2, 0) is 10.0 Å². The number of hydrogen-bond acceptors (Lipinski definition) is 3. The maximum absolute atomic E-state index is 11.6. The van der Waals surface area contributed by atoms with E-state index in [0.717, 1.165) is 25.7 Å². The molecule has 0 radical (unpaired) electrons. The van der Waals surface area contributed by atoms with E-state index in [4.69, 9.17) is 21.5 Å². The van der Waals surface area contributed by atoms with Gasteiger partial charge in [0.15, 0.2) is 5.75 Å². The van der Waals surface area contributed by atoms with Crippen molar-refractivity contribution in [1.29, 1.82) is 0 Å². The van der Waals surface area contributed by atoms with Crippen LogP contribution in [0.5, 0.6) is 5.75 Å². The summed E-state index contributed by atoms with van der Waals surface area (Å²) in [7, 11) is -3.87. The van der Waals surface area contributed by atoms with E-state index in [1.807, 2.05) is 0 Å². The van der Waals surface area contributed by atoms with Crippen LogP contribution in [0.1, 0.15) is 32.1 Å². The highest BCUT2D eigenvalue weighted by Crippen LogP contribution is 2.37. The Kier molecular flexibility index (Phi) is 4.76. The molecule has 106 valence electrons. The predicted octanol–water partition coefficient (Wildman–Crippen LogP) is 3.46. The van der Waals surface area contributed by atoms with E-state index >= 15 is 0 Å². The predicted molar refractivity (Wildman–Crippen MR) is 78.0 cm³/mol. The Labute approximate surface area is 126 Å². The van der Waals surface area contributed by atoms with Crippen LogP contribution in [0.15, 0.2) is 21.5 Å². The molecule has 0 heterocycles. The molecular formula is C12H15BrClNO3S. The van der Waals surface area contributed by atoms with Crippen molar-refractivity contribution in [3.63, 3.8) is 0 Å². The second-order valence-corrected chi connectivity index (χ2v) is 7.49. The molecule has 1 saturated carbocycles. The molecule has 19 heavy (non-hydrogen) atoms. The van der Waals surface area contributed by atoms with Crippen LogP contribution in [-0.4, -0.2) is 14.5 Å². The molecule has 0 bridgehead atoms. The van der Waals surface area contributed by atoms with Crippen LogP contribution in [0, 0.1) is 0 Å². The number of ether oxygens (including phenoxy) is 1. The molecule has 0 unspecified atom stereocenters. The summed E-state index contributed by atoms with van der Waals surface area (Å²) in [5.74, 6) is 0.166. The van der Waals surface area contributed by atoms with E-state index in [9.17, 15) is 8.42 Å². The summed E-state index contributed by atoms with van der Waals surface area (Å²) in [5, 5.41) is 5.47. The number of sulfonamides is 1. The Bertz CT molecular complexity index is 571. The van der Waals surface area contributed by atoms with Gasteiger partial charge in [0, 0.05) is 4.47 Å². The van der Waals surface area contributed by atoms with Crippen molar-refractivity contribution in [3.05, 3.63) is 21.6 Å². The lowest BCUT2D eigenvalue weighted by atomic mass is 9.98. The maximum atomic E-state index is 11.6. The Hall–Kier alpha value is -0.300. The van der Waals surface area contributed by atoms with Gasteiger partial charge in [0.25, 0.3) is 0 Å². The number of hydrogen-bond donors (Lipinski definition) is 1. The van der Waals surface area contributed by atoms with Crippen molar-refractivity contribution in [2.24, 2.45) is 5.14 Å². The van der Waals surface area contributed by atoms with E-state index in [1.165, 1.54) is 12.5 Å². The molecule has 0 aromatic heterocycles. The lowest BCUT2D eigenvalue weighted by molar-refractivity contribution is 0.151.